The average molecular weight is 433 g/mol. The van der Waals surface area contributed by atoms with Gasteiger partial charge in [-0.15, -0.1) is 0 Å². The van der Waals surface area contributed by atoms with Crippen LogP contribution in [0.5, 0.6) is 0 Å². The number of para-hydroxylation sites is 1. The molecule has 0 spiro atoms. The second kappa shape index (κ2) is 8.41. The molecule has 0 aliphatic heterocycles. The van der Waals surface area contributed by atoms with Crippen LogP contribution < -0.4 is 5.56 Å². The van der Waals surface area contributed by atoms with E-state index in [-0.39, 0.29) is 28.6 Å². The molecule has 1 N–H and O–H groups in total. The van der Waals surface area contributed by atoms with Crippen LogP contribution in [0.25, 0.3) is 10.9 Å². The number of carbonyl (C=O) groups is 1. The highest BCUT2D eigenvalue weighted by atomic mass is 32.2. The number of carbonyl (C=O) groups excluding carboxylic acids is 1. The molecule has 0 saturated carbocycles. The Morgan fingerprint density at radius 1 is 1.27 bits per heavy atom. The first-order valence-corrected chi connectivity index (χ1v) is 10.9. The molecule has 0 aliphatic carbocycles. The number of aryl methyl sites for hydroxylation is 2. The van der Waals surface area contributed by atoms with E-state index in [2.05, 4.69) is 9.97 Å². The Morgan fingerprint density at radius 3 is 2.63 bits per heavy atom. The number of aromatic nitrogens is 3. The van der Waals surface area contributed by atoms with Crippen molar-refractivity contribution in [2.75, 3.05) is 13.1 Å². The predicted octanol–water partition coefficient (Wildman–Crippen LogP) is 1.96. The number of nitrogens with zero attached hydrogens (tertiary/aromatic N) is 3. The molecule has 3 aromatic rings. The lowest BCUT2D eigenvalue weighted by atomic mass is 10.1. The number of benzene rings is 1. The van der Waals surface area contributed by atoms with Gasteiger partial charge in [0.2, 0.25) is 10.0 Å². The summed E-state index contributed by atoms with van der Waals surface area (Å²) in [5.74, 6) is -0.508. The highest BCUT2D eigenvalue weighted by Gasteiger charge is 2.26. The predicted molar refractivity (Wildman–Crippen MR) is 112 cm³/mol. The largest absolute Gasteiger partial charge is 0.453 e. The van der Waals surface area contributed by atoms with Crippen molar-refractivity contribution in [2.45, 2.75) is 32.3 Å². The van der Waals surface area contributed by atoms with Crippen molar-refractivity contribution in [2.24, 2.45) is 7.05 Å². The van der Waals surface area contributed by atoms with Gasteiger partial charge in [0, 0.05) is 26.3 Å². The van der Waals surface area contributed by atoms with Gasteiger partial charge in [0.25, 0.3) is 5.56 Å². The third-order valence-corrected chi connectivity index (χ3v) is 6.87. The molecule has 0 radical (unpaired) electrons. The summed E-state index contributed by atoms with van der Waals surface area (Å²) in [7, 11) is -2.13. The van der Waals surface area contributed by atoms with Gasteiger partial charge in [-0.25, -0.2) is 18.2 Å². The molecule has 9 nitrogen and oxygen atoms in total. The molecule has 3 rings (SSSR count). The number of ether oxygens (including phenoxy) is 1. The SMILES string of the molecule is CCN(CC)S(=O)(=O)c1cc(C(=O)OCc2nc3c(C)cccc3c(=O)[nH]2)n(C)c1. The van der Waals surface area contributed by atoms with Crippen molar-refractivity contribution in [3.8, 4) is 0 Å². The van der Waals surface area contributed by atoms with Gasteiger partial charge >= 0.3 is 5.97 Å². The monoisotopic (exact) mass is 432 g/mol. The number of nitrogens with one attached hydrogen (secondary N) is 1. The zero-order valence-electron chi connectivity index (χ0n) is 17.3. The summed E-state index contributed by atoms with van der Waals surface area (Å²) in [5.41, 5.74) is 1.14. The Balaban J connectivity index is 1.83. The minimum atomic E-state index is -3.69. The zero-order valence-corrected chi connectivity index (χ0v) is 18.1. The molecule has 0 saturated heterocycles. The lowest BCUT2D eigenvalue weighted by Crippen LogP contribution is -2.30. The van der Waals surface area contributed by atoms with E-state index < -0.39 is 16.0 Å². The number of esters is 1. The highest BCUT2D eigenvalue weighted by Crippen LogP contribution is 2.19. The standard InChI is InChI=1S/C20H24N4O5S/c1-5-24(6-2)30(27,28)14-10-16(23(4)11-14)20(26)29-12-17-21-18-13(3)8-7-9-15(18)19(25)22-17/h7-11H,5-6,12H2,1-4H3,(H,21,22,25). The second-order valence-corrected chi connectivity index (χ2v) is 8.76. The molecule has 2 aromatic heterocycles. The summed E-state index contributed by atoms with van der Waals surface area (Å²) in [5, 5.41) is 0.457. The van der Waals surface area contributed by atoms with Gasteiger partial charge in [0.15, 0.2) is 0 Å². The van der Waals surface area contributed by atoms with Crippen molar-refractivity contribution in [1.29, 1.82) is 0 Å². The lowest BCUT2D eigenvalue weighted by molar-refractivity contribution is 0.0451. The van der Waals surface area contributed by atoms with E-state index in [1.54, 1.807) is 33.0 Å². The summed E-state index contributed by atoms with van der Waals surface area (Å²) >= 11 is 0. The Labute approximate surface area is 174 Å². The minimum Gasteiger partial charge on any atom is -0.453 e. The number of sulfonamides is 1. The van der Waals surface area contributed by atoms with E-state index in [1.165, 1.54) is 21.1 Å². The van der Waals surface area contributed by atoms with Crippen molar-refractivity contribution in [3.63, 3.8) is 0 Å². The van der Waals surface area contributed by atoms with Gasteiger partial charge in [-0.3, -0.25) is 4.79 Å². The molecular weight excluding hydrogens is 408 g/mol. The van der Waals surface area contributed by atoms with E-state index in [0.717, 1.165) is 5.56 Å². The van der Waals surface area contributed by atoms with E-state index in [0.29, 0.717) is 24.0 Å². The van der Waals surface area contributed by atoms with Gasteiger partial charge in [-0.1, -0.05) is 26.0 Å². The first kappa shape index (κ1) is 21.7. The average Bonchev–Trinajstić information content (AvgIpc) is 3.10. The summed E-state index contributed by atoms with van der Waals surface area (Å²) in [6.45, 7) is 5.74. The molecule has 0 aliphatic rings. The third-order valence-electron chi connectivity index (χ3n) is 4.86. The molecule has 30 heavy (non-hydrogen) atoms. The van der Waals surface area contributed by atoms with E-state index in [9.17, 15) is 18.0 Å². The van der Waals surface area contributed by atoms with E-state index in [1.807, 2.05) is 13.0 Å². The van der Waals surface area contributed by atoms with Crippen LogP contribution in [0.3, 0.4) is 0 Å². The van der Waals surface area contributed by atoms with Crippen molar-refractivity contribution >= 4 is 26.9 Å². The van der Waals surface area contributed by atoms with Gasteiger partial charge in [0.05, 0.1) is 10.9 Å². The van der Waals surface area contributed by atoms with Crippen LogP contribution in [0.2, 0.25) is 0 Å². The van der Waals surface area contributed by atoms with Crippen LogP contribution in [-0.2, 0) is 28.4 Å². The number of fused-ring (bicyclic) bond motifs is 1. The topological polar surface area (TPSA) is 114 Å². The first-order chi connectivity index (χ1) is 14.2. The van der Waals surface area contributed by atoms with Crippen LogP contribution in [-0.4, -0.2) is 46.3 Å². The number of aromatic amines is 1. The number of hydrogen-bond acceptors (Lipinski definition) is 6. The van der Waals surface area contributed by atoms with Crippen LogP contribution in [0, 0.1) is 6.92 Å². The number of H-pyrrole nitrogens is 1. The Kier molecular flexibility index (Phi) is 6.09. The smallest absolute Gasteiger partial charge is 0.355 e. The maximum Gasteiger partial charge on any atom is 0.355 e. The summed E-state index contributed by atoms with van der Waals surface area (Å²) in [6, 6.07) is 6.57. The molecule has 0 bridgehead atoms. The van der Waals surface area contributed by atoms with Crippen LogP contribution in [0.4, 0.5) is 0 Å². The maximum absolute atomic E-state index is 12.7. The van der Waals surface area contributed by atoms with Crippen LogP contribution in [0.1, 0.15) is 35.7 Å². The van der Waals surface area contributed by atoms with Crippen molar-refractivity contribution in [3.05, 3.63) is 57.9 Å². The molecule has 1 aromatic carbocycles. The first-order valence-electron chi connectivity index (χ1n) is 9.51. The second-order valence-electron chi connectivity index (χ2n) is 6.82. The number of hydrogen-bond donors (Lipinski definition) is 1. The Hall–Kier alpha value is -2.98. The summed E-state index contributed by atoms with van der Waals surface area (Å²) in [4.78, 5) is 31.8. The van der Waals surface area contributed by atoms with Gasteiger partial charge in [-0.2, -0.15) is 4.31 Å². The van der Waals surface area contributed by atoms with E-state index in [4.69, 9.17) is 4.74 Å². The van der Waals surface area contributed by atoms with Crippen LogP contribution >= 0.6 is 0 Å². The normalized spacial score (nSPS) is 11.9. The highest BCUT2D eigenvalue weighted by molar-refractivity contribution is 7.89. The van der Waals surface area contributed by atoms with Gasteiger partial charge in [-0.05, 0) is 24.6 Å². The number of rotatable bonds is 7. The molecule has 0 fully saturated rings. The molecular formula is C20H24N4O5S. The zero-order chi connectivity index (χ0) is 22.1. The molecule has 0 unspecified atom stereocenters. The Bertz CT molecular complexity index is 1260. The quantitative estimate of drug-likeness (QED) is 0.571. The van der Waals surface area contributed by atoms with Crippen molar-refractivity contribution < 1.29 is 17.9 Å². The molecule has 0 amide bonds. The summed E-state index contributed by atoms with van der Waals surface area (Å²) < 4.78 is 33.3. The lowest BCUT2D eigenvalue weighted by Gasteiger charge is -2.17. The Morgan fingerprint density at radius 2 is 1.97 bits per heavy atom. The van der Waals surface area contributed by atoms with Gasteiger partial charge < -0.3 is 14.3 Å². The molecule has 10 heteroatoms. The fourth-order valence-corrected chi connectivity index (χ4v) is 4.75. The molecule has 160 valence electrons. The maximum atomic E-state index is 12.7. The van der Waals surface area contributed by atoms with Crippen LogP contribution in [0.15, 0.2) is 40.2 Å². The summed E-state index contributed by atoms with van der Waals surface area (Å²) in [6.07, 6.45) is 1.38. The molecule has 2 heterocycles. The third kappa shape index (κ3) is 4.01. The van der Waals surface area contributed by atoms with Gasteiger partial charge in [0.1, 0.15) is 23.0 Å². The van der Waals surface area contributed by atoms with E-state index >= 15 is 0 Å². The fraction of sp³-hybridized carbons (Fsp3) is 0.350. The minimum absolute atomic E-state index is 0.0218. The molecule has 0 atom stereocenters. The fourth-order valence-electron chi connectivity index (χ4n) is 3.22. The van der Waals surface area contributed by atoms with Crippen molar-refractivity contribution in [1.82, 2.24) is 18.8 Å².